The summed E-state index contributed by atoms with van der Waals surface area (Å²) in [6.07, 6.45) is 0. The zero-order valence-electron chi connectivity index (χ0n) is 11.4. The number of hydrogen-bond donors (Lipinski definition) is 1. The topological polar surface area (TPSA) is 38.7 Å². The zero-order valence-corrected chi connectivity index (χ0v) is 12.1. The van der Waals surface area contributed by atoms with E-state index >= 15 is 0 Å². The van der Waals surface area contributed by atoms with Crippen molar-refractivity contribution in [2.24, 2.45) is 0 Å². The van der Waals surface area contributed by atoms with Crippen molar-refractivity contribution < 1.29 is 14.4 Å². The van der Waals surface area contributed by atoms with Gasteiger partial charge in [-0.25, -0.2) is 0 Å². The van der Waals surface area contributed by atoms with E-state index in [4.69, 9.17) is 20.9 Å². The Hall–Kier alpha value is -0.705. The summed E-state index contributed by atoms with van der Waals surface area (Å²) in [5, 5.41) is 10.3. The third-order valence-electron chi connectivity index (χ3n) is 3.82. The van der Waals surface area contributed by atoms with E-state index in [1.54, 1.807) is 19.1 Å². The van der Waals surface area contributed by atoms with E-state index in [2.05, 4.69) is 0 Å². The zero-order chi connectivity index (χ0) is 13.7. The van der Waals surface area contributed by atoms with Crippen molar-refractivity contribution in [1.29, 1.82) is 0 Å². The van der Waals surface area contributed by atoms with Crippen LogP contribution in [0, 0.1) is 6.92 Å². The molecule has 18 heavy (non-hydrogen) atoms. The average Bonchev–Trinajstić information content (AvgIpc) is 2.42. The number of aromatic hydroxyl groups is 1. The molecule has 1 heterocycles. The molecule has 1 aliphatic heterocycles. The Balaban J connectivity index is 2.38. The fraction of sp³-hybridized carbons (Fsp3) is 0.538. The van der Waals surface area contributed by atoms with Gasteiger partial charge >= 0.3 is 7.12 Å². The molecule has 1 aromatic rings. The van der Waals surface area contributed by atoms with Crippen LogP contribution in [0.15, 0.2) is 12.1 Å². The molecule has 1 aromatic carbocycles. The third-order valence-corrected chi connectivity index (χ3v) is 4.15. The van der Waals surface area contributed by atoms with E-state index in [0.717, 1.165) is 5.56 Å². The molecule has 2 rings (SSSR count). The molecule has 0 saturated carbocycles. The Kier molecular flexibility index (Phi) is 3.17. The Bertz CT molecular complexity index is 469. The molecule has 0 aromatic heterocycles. The van der Waals surface area contributed by atoms with Crippen LogP contribution in [0.5, 0.6) is 5.75 Å². The number of benzene rings is 1. The van der Waals surface area contributed by atoms with E-state index in [-0.39, 0.29) is 5.75 Å². The summed E-state index contributed by atoms with van der Waals surface area (Å²) in [4.78, 5) is 0. The average molecular weight is 269 g/mol. The molecule has 0 amide bonds. The third kappa shape index (κ3) is 2.13. The molecule has 98 valence electrons. The van der Waals surface area contributed by atoms with E-state index in [9.17, 15) is 5.11 Å². The molecule has 1 aliphatic rings. The molecule has 5 heteroatoms. The normalized spacial score (nSPS) is 21.3. The van der Waals surface area contributed by atoms with Crippen LogP contribution < -0.4 is 5.46 Å². The highest BCUT2D eigenvalue weighted by atomic mass is 35.5. The first-order chi connectivity index (χ1) is 8.14. The maximum Gasteiger partial charge on any atom is 0.496 e. The first kappa shape index (κ1) is 13.7. The molecule has 1 saturated heterocycles. The summed E-state index contributed by atoms with van der Waals surface area (Å²) in [7, 11) is -0.547. The second-order valence-corrected chi connectivity index (χ2v) is 6.16. The molecule has 0 aliphatic carbocycles. The lowest BCUT2D eigenvalue weighted by Crippen LogP contribution is -2.41. The Morgan fingerprint density at radius 1 is 1.11 bits per heavy atom. The van der Waals surface area contributed by atoms with Crippen LogP contribution in [0.2, 0.25) is 5.02 Å². The summed E-state index contributed by atoms with van der Waals surface area (Å²) in [6, 6.07) is 3.33. The highest BCUT2D eigenvalue weighted by molar-refractivity contribution is 6.65. The van der Waals surface area contributed by atoms with Gasteiger partial charge < -0.3 is 14.4 Å². The number of halogens is 1. The number of hydrogen-bond acceptors (Lipinski definition) is 3. The molecule has 0 spiro atoms. The van der Waals surface area contributed by atoms with E-state index < -0.39 is 18.3 Å². The number of phenols is 1. The molecule has 0 bridgehead atoms. The van der Waals surface area contributed by atoms with Crippen molar-refractivity contribution >= 4 is 24.2 Å². The smallest absolute Gasteiger partial charge is 0.496 e. The first-order valence-corrected chi connectivity index (χ1v) is 6.36. The van der Waals surface area contributed by atoms with Crippen LogP contribution >= 0.6 is 11.6 Å². The molecule has 0 radical (unpaired) electrons. The van der Waals surface area contributed by atoms with Gasteiger partial charge in [0.1, 0.15) is 5.75 Å². The molecule has 1 fully saturated rings. The van der Waals surface area contributed by atoms with Crippen molar-refractivity contribution in [3.8, 4) is 5.75 Å². The highest BCUT2D eigenvalue weighted by Gasteiger charge is 2.52. The molecular weight excluding hydrogens is 250 g/mol. The van der Waals surface area contributed by atoms with Gasteiger partial charge in [-0.05, 0) is 52.3 Å². The second kappa shape index (κ2) is 4.15. The maximum absolute atomic E-state index is 9.78. The number of rotatable bonds is 1. The number of phenolic OH excluding ortho intramolecular Hbond substituents is 1. The van der Waals surface area contributed by atoms with Gasteiger partial charge in [0.05, 0.1) is 11.2 Å². The summed E-state index contributed by atoms with van der Waals surface area (Å²) < 4.78 is 11.8. The minimum absolute atomic E-state index is 0.198. The van der Waals surface area contributed by atoms with E-state index in [0.29, 0.717) is 10.5 Å². The van der Waals surface area contributed by atoms with Gasteiger partial charge in [-0.3, -0.25) is 0 Å². The Morgan fingerprint density at radius 3 is 2.11 bits per heavy atom. The highest BCUT2D eigenvalue weighted by Crippen LogP contribution is 2.37. The van der Waals surface area contributed by atoms with Gasteiger partial charge in [-0.1, -0.05) is 11.6 Å². The van der Waals surface area contributed by atoms with Crippen LogP contribution in [-0.2, 0) is 9.31 Å². The lowest BCUT2D eigenvalue weighted by atomic mass is 9.78. The van der Waals surface area contributed by atoms with Crippen LogP contribution in [0.4, 0.5) is 0 Å². The largest absolute Gasteiger partial charge is 0.508 e. The van der Waals surface area contributed by atoms with Crippen molar-refractivity contribution in [2.45, 2.75) is 45.8 Å². The molecular formula is C13H18BClO3. The van der Waals surface area contributed by atoms with Crippen molar-refractivity contribution in [3.05, 3.63) is 22.7 Å². The first-order valence-electron chi connectivity index (χ1n) is 5.99. The quantitative estimate of drug-likeness (QED) is 0.796. The van der Waals surface area contributed by atoms with E-state index in [1.807, 2.05) is 27.7 Å². The molecule has 0 atom stereocenters. The van der Waals surface area contributed by atoms with Gasteiger partial charge in [0.15, 0.2) is 0 Å². The molecule has 1 N–H and O–H groups in total. The van der Waals surface area contributed by atoms with Crippen LogP contribution in [0.1, 0.15) is 33.3 Å². The van der Waals surface area contributed by atoms with Gasteiger partial charge in [0.2, 0.25) is 0 Å². The fourth-order valence-electron chi connectivity index (χ4n) is 1.83. The van der Waals surface area contributed by atoms with Gasteiger partial charge in [-0.2, -0.15) is 0 Å². The van der Waals surface area contributed by atoms with Crippen LogP contribution in [0.25, 0.3) is 0 Å². The molecule has 3 nitrogen and oxygen atoms in total. The summed E-state index contributed by atoms with van der Waals surface area (Å²) in [5.41, 5.74) is 0.571. The lowest BCUT2D eigenvalue weighted by molar-refractivity contribution is 0.00578. The van der Waals surface area contributed by atoms with Gasteiger partial charge in [-0.15, -0.1) is 0 Å². The monoisotopic (exact) mass is 268 g/mol. The second-order valence-electron chi connectivity index (χ2n) is 5.75. The molecule has 0 unspecified atom stereocenters. The van der Waals surface area contributed by atoms with E-state index in [1.165, 1.54) is 0 Å². The Morgan fingerprint density at radius 2 is 1.61 bits per heavy atom. The minimum Gasteiger partial charge on any atom is -0.508 e. The van der Waals surface area contributed by atoms with Crippen molar-refractivity contribution in [1.82, 2.24) is 0 Å². The van der Waals surface area contributed by atoms with Gasteiger partial charge in [0.25, 0.3) is 0 Å². The predicted octanol–water partition coefficient (Wildman–Crippen LogP) is 2.65. The lowest BCUT2D eigenvalue weighted by Gasteiger charge is -2.32. The predicted molar refractivity (Wildman–Crippen MR) is 73.6 cm³/mol. The minimum atomic E-state index is -0.547. The summed E-state index contributed by atoms with van der Waals surface area (Å²) >= 11 is 6.20. The van der Waals surface area contributed by atoms with Crippen LogP contribution in [0.3, 0.4) is 0 Å². The fourth-order valence-corrected chi connectivity index (χ4v) is 2.14. The van der Waals surface area contributed by atoms with Crippen LogP contribution in [-0.4, -0.2) is 23.4 Å². The Labute approximate surface area is 113 Å². The SMILES string of the molecule is Cc1cc(Cl)c(B2OC(C)(C)C(C)(C)O2)cc1O. The van der Waals surface area contributed by atoms with Crippen molar-refractivity contribution in [2.75, 3.05) is 0 Å². The summed E-state index contributed by atoms with van der Waals surface area (Å²) in [5.74, 6) is 0.198. The van der Waals surface area contributed by atoms with Gasteiger partial charge in [0, 0.05) is 10.5 Å². The number of aryl methyl sites for hydroxylation is 1. The maximum atomic E-state index is 9.78. The summed E-state index contributed by atoms with van der Waals surface area (Å²) in [6.45, 7) is 9.73. The standard InChI is InChI=1S/C13H18BClO3/c1-8-6-10(15)9(7-11(8)16)14-17-12(2,3)13(4,5)18-14/h6-7,16H,1-5H3. The van der Waals surface area contributed by atoms with Crippen molar-refractivity contribution in [3.63, 3.8) is 0 Å².